The molecule has 5 nitrogen and oxygen atoms in total. The summed E-state index contributed by atoms with van der Waals surface area (Å²) in [6.07, 6.45) is 3.96. The third kappa shape index (κ3) is 3.26. The highest BCUT2D eigenvalue weighted by molar-refractivity contribution is 6.76. The number of hydrogen-bond donors (Lipinski definition) is 1. The van der Waals surface area contributed by atoms with Gasteiger partial charge in [0.1, 0.15) is 5.60 Å². The Kier molecular flexibility index (Phi) is 4.89. The second kappa shape index (κ2) is 6.48. The average molecular weight is 381 g/mol. The number of hydrogen-bond acceptors (Lipinski definition) is 5. The van der Waals surface area contributed by atoms with Crippen molar-refractivity contribution in [2.45, 2.75) is 76.9 Å². The number of carbonyl (C=O) groups is 2. The van der Waals surface area contributed by atoms with Gasteiger partial charge >= 0.3 is 11.9 Å². The summed E-state index contributed by atoms with van der Waals surface area (Å²) in [5.74, 6) is -0.0232. The highest BCUT2D eigenvalue weighted by Gasteiger charge is 2.74. The third-order valence-corrected chi connectivity index (χ3v) is 8.40. The van der Waals surface area contributed by atoms with Gasteiger partial charge in [0.25, 0.3) is 0 Å². The summed E-state index contributed by atoms with van der Waals surface area (Å²) in [5.41, 5.74) is -0.506. The highest BCUT2D eigenvalue weighted by atomic mass is 28.3. The molecule has 1 N–H and O–H groups in total. The zero-order valence-electron chi connectivity index (χ0n) is 16.6. The standard InChI is InChI=1S/C20H32O5Si/c1-13(17(22)24-8-9-26(3,4)5)10-15(21)12-20-14-6-7-19(2,16(20)11-14)25-18(20)23/h10,14-16,21H,6-9,11-12H2,1-5H3/b13-10+/t14-,15+,16-,19+,20+/m0/s1. The van der Waals surface area contributed by atoms with Crippen molar-refractivity contribution in [3.63, 3.8) is 0 Å². The Hall–Kier alpha value is -1.14. The van der Waals surface area contributed by atoms with E-state index >= 15 is 0 Å². The van der Waals surface area contributed by atoms with Crippen molar-refractivity contribution in [3.05, 3.63) is 11.6 Å². The molecule has 4 aliphatic rings. The molecular weight excluding hydrogens is 348 g/mol. The molecule has 0 amide bonds. The minimum atomic E-state index is -1.25. The van der Waals surface area contributed by atoms with E-state index in [2.05, 4.69) is 19.6 Å². The lowest BCUT2D eigenvalue weighted by Gasteiger charge is -2.57. The van der Waals surface area contributed by atoms with Crippen LogP contribution < -0.4 is 0 Å². The topological polar surface area (TPSA) is 72.8 Å². The van der Waals surface area contributed by atoms with Gasteiger partial charge in [-0.25, -0.2) is 4.79 Å². The molecule has 1 heterocycles. The molecule has 1 saturated heterocycles. The zero-order chi connectivity index (χ0) is 19.3. The molecule has 146 valence electrons. The van der Waals surface area contributed by atoms with Gasteiger partial charge < -0.3 is 14.6 Å². The van der Waals surface area contributed by atoms with Crippen LogP contribution in [0.25, 0.3) is 0 Å². The maximum atomic E-state index is 12.6. The van der Waals surface area contributed by atoms with E-state index in [-0.39, 0.29) is 23.5 Å². The number of aliphatic hydroxyl groups is 1. The van der Waals surface area contributed by atoms with Crippen molar-refractivity contribution in [1.82, 2.24) is 0 Å². The first-order chi connectivity index (χ1) is 12.0. The first-order valence-corrected chi connectivity index (χ1v) is 13.5. The average Bonchev–Trinajstić information content (AvgIpc) is 2.59. The number of ether oxygens (including phenoxy) is 2. The van der Waals surface area contributed by atoms with Crippen molar-refractivity contribution >= 4 is 20.0 Å². The fourth-order valence-electron chi connectivity index (χ4n) is 5.09. The fourth-order valence-corrected chi connectivity index (χ4v) is 5.80. The number of aliphatic hydroxyl groups excluding tert-OH is 1. The molecule has 0 aromatic carbocycles. The van der Waals surface area contributed by atoms with Crippen LogP contribution in [0.15, 0.2) is 11.6 Å². The van der Waals surface area contributed by atoms with E-state index in [0.29, 0.717) is 24.5 Å². The van der Waals surface area contributed by atoms with E-state index in [1.807, 2.05) is 6.92 Å². The first kappa shape index (κ1) is 19.6. The molecule has 26 heavy (non-hydrogen) atoms. The predicted molar refractivity (Wildman–Crippen MR) is 101 cm³/mol. The Bertz CT molecular complexity index is 635. The Morgan fingerprint density at radius 2 is 2.15 bits per heavy atom. The van der Waals surface area contributed by atoms with E-state index in [1.165, 1.54) is 0 Å². The summed E-state index contributed by atoms with van der Waals surface area (Å²) < 4.78 is 11.0. The van der Waals surface area contributed by atoms with Crippen LogP contribution in [0.3, 0.4) is 0 Å². The van der Waals surface area contributed by atoms with E-state index < -0.39 is 19.6 Å². The van der Waals surface area contributed by atoms with Gasteiger partial charge in [0, 0.05) is 19.6 Å². The molecule has 4 rings (SSSR count). The maximum Gasteiger partial charge on any atom is 0.333 e. The predicted octanol–water partition coefficient (Wildman–Crippen LogP) is 3.30. The Balaban J connectivity index is 1.60. The maximum absolute atomic E-state index is 12.6. The van der Waals surface area contributed by atoms with Crippen LogP contribution >= 0.6 is 0 Å². The van der Waals surface area contributed by atoms with Crippen LogP contribution in [0.2, 0.25) is 25.7 Å². The molecule has 1 aliphatic heterocycles. The Morgan fingerprint density at radius 1 is 1.46 bits per heavy atom. The van der Waals surface area contributed by atoms with E-state index in [0.717, 1.165) is 25.3 Å². The number of fused-ring (bicyclic) bond motifs is 1. The Labute approximate surface area is 157 Å². The summed E-state index contributed by atoms with van der Waals surface area (Å²) in [6.45, 7) is 10.8. The number of carbonyl (C=O) groups excluding carboxylic acids is 2. The van der Waals surface area contributed by atoms with Crippen molar-refractivity contribution in [3.8, 4) is 0 Å². The van der Waals surface area contributed by atoms with Gasteiger partial charge in [-0.1, -0.05) is 19.6 Å². The van der Waals surface area contributed by atoms with Gasteiger partial charge in [0.15, 0.2) is 0 Å². The van der Waals surface area contributed by atoms with Crippen molar-refractivity contribution in [1.29, 1.82) is 0 Å². The van der Waals surface area contributed by atoms with Crippen LogP contribution in [0.5, 0.6) is 0 Å². The molecule has 4 bridgehead atoms. The minimum absolute atomic E-state index is 0.151. The van der Waals surface area contributed by atoms with Gasteiger partial charge in [-0.05, 0) is 57.6 Å². The normalized spacial score (nSPS) is 37.0. The minimum Gasteiger partial charge on any atom is -0.463 e. The van der Waals surface area contributed by atoms with E-state index in [9.17, 15) is 14.7 Å². The molecule has 5 atom stereocenters. The van der Waals surface area contributed by atoms with Crippen LogP contribution in [0, 0.1) is 17.3 Å². The lowest BCUT2D eigenvalue weighted by atomic mass is 9.43. The Morgan fingerprint density at radius 3 is 2.77 bits per heavy atom. The van der Waals surface area contributed by atoms with E-state index in [4.69, 9.17) is 9.47 Å². The fraction of sp³-hybridized carbons (Fsp3) is 0.800. The van der Waals surface area contributed by atoms with Crippen LogP contribution in [-0.4, -0.2) is 43.4 Å². The summed E-state index contributed by atoms with van der Waals surface area (Å²) in [6, 6.07) is 0.922. The van der Waals surface area contributed by atoms with Gasteiger partial charge in [-0.2, -0.15) is 0 Å². The first-order valence-electron chi connectivity index (χ1n) is 9.75. The molecular formula is C20H32O5Si. The van der Waals surface area contributed by atoms with Crippen LogP contribution in [0.4, 0.5) is 0 Å². The molecule has 3 saturated carbocycles. The van der Waals surface area contributed by atoms with Crippen molar-refractivity contribution in [2.24, 2.45) is 17.3 Å². The summed E-state index contributed by atoms with van der Waals surface area (Å²) in [5, 5.41) is 10.5. The number of rotatable bonds is 7. The molecule has 0 spiro atoms. The molecule has 6 heteroatoms. The summed E-state index contributed by atoms with van der Waals surface area (Å²) >= 11 is 0. The summed E-state index contributed by atoms with van der Waals surface area (Å²) in [7, 11) is -1.25. The van der Waals surface area contributed by atoms with Gasteiger partial charge in [0.2, 0.25) is 0 Å². The molecule has 4 fully saturated rings. The SMILES string of the molecule is C/C(=C\[C@@H](O)C[C@@]12C(=O)O[C@]3(C)CC[C@H]1C[C@H]23)C(=O)OCC[Si](C)(C)C. The quantitative estimate of drug-likeness (QED) is 0.417. The van der Waals surface area contributed by atoms with Gasteiger partial charge in [0.05, 0.1) is 18.1 Å². The molecule has 0 radical (unpaired) electrons. The van der Waals surface area contributed by atoms with Gasteiger partial charge in [-0.3, -0.25) is 4.79 Å². The third-order valence-electron chi connectivity index (χ3n) is 6.70. The monoisotopic (exact) mass is 380 g/mol. The van der Waals surface area contributed by atoms with Crippen LogP contribution in [0.1, 0.15) is 39.5 Å². The molecule has 0 aromatic rings. The van der Waals surface area contributed by atoms with Crippen molar-refractivity contribution < 1.29 is 24.2 Å². The van der Waals surface area contributed by atoms with Crippen molar-refractivity contribution in [2.75, 3.05) is 6.61 Å². The zero-order valence-corrected chi connectivity index (χ0v) is 17.6. The second-order valence-electron chi connectivity index (χ2n) is 9.83. The lowest BCUT2D eigenvalue weighted by Crippen LogP contribution is -2.59. The van der Waals surface area contributed by atoms with Crippen LogP contribution in [-0.2, 0) is 19.1 Å². The number of esters is 2. The molecule has 0 unspecified atom stereocenters. The summed E-state index contributed by atoms with van der Waals surface area (Å²) in [4.78, 5) is 24.7. The van der Waals surface area contributed by atoms with Gasteiger partial charge in [-0.15, -0.1) is 0 Å². The molecule has 3 aliphatic carbocycles. The molecule has 0 aromatic heterocycles. The largest absolute Gasteiger partial charge is 0.463 e. The smallest absolute Gasteiger partial charge is 0.333 e. The second-order valence-corrected chi connectivity index (χ2v) is 15.5. The lowest BCUT2D eigenvalue weighted by molar-refractivity contribution is -0.157. The van der Waals surface area contributed by atoms with E-state index in [1.54, 1.807) is 13.0 Å². The highest BCUT2D eigenvalue weighted by Crippen LogP contribution is 2.70.